The standard InChI is InChI=1S/C34H48N2O4/c1-4-5-6-7-8-9-10-25-11-16-27(17-12-25)33(38)40-29-19-13-26(14-20-29)15-22-32(37)39-24-34(2,3)30-21-18-28(35)23-31(30)36/h13-15,18-23,25,27H,4-12,16-17,24,35-36H2,1-3H3/b22-15+. The molecule has 0 aliphatic heterocycles. The third-order valence-electron chi connectivity index (χ3n) is 8.04. The van der Waals surface area contributed by atoms with Crippen LogP contribution in [0, 0.1) is 11.8 Å². The normalized spacial score (nSPS) is 17.6. The molecule has 0 aromatic heterocycles. The summed E-state index contributed by atoms with van der Waals surface area (Å²) in [4.78, 5) is 25.0. The Morgan fingerprint density at radius 3 is 2.27 bits per heavy atom. The fourth-order valence-electron chi connectivity index (χ4n) is 5.49. The lowest BCUT2D eigenvalue weighted by Gasteiger charge is -2.27. The van der Waals surface area contributed by atoms with Crippen LogP contribution in [0.5, 0.6) is 5.75 Å². The summed E-state index contributed by atoms with van der Waals surface area (Å²) in [6.45, 7) is 6.37. The molecule has 0 radical (unpaired) electrons. The van der Waals surface area contributed by atoms with Crippen LogP contribution in [0.4, 0.5) is 11.4 Å². The molecule has 40 heavy (non-hydrogen) atoms. The zero-order valence-corrected chi connectivity index (χ0v) is 24.6. The summed E-state index contributed by atoms with van der Waals surface area (Å²) in [6, 6.07) is 12.5. The molecule has 6 nitrogen and oxygen atoms in total. The van der Waals surface area contributed by atoms with Crippen molar-refractivity contribution in [3.05, 3.63) is 59.7 Å². The van der Waals surface area contributed by atoms with Crippen LogP contribution in [0.2, 0.25) is 0 Å². The van der Waals surface area contributed by atoms with Crippen molar-refractivity contribution in [2.75, 3.05) is 18.1 Å². The monoisotopic (exact) mass is 548 g/mol. The summed E-state index contributed by atoms with van der Waals surface area (Å²) in [5.74, 6) is 0.707. The first-order valence-corrected chi connectivity index (χ1v) is 15.0. The zero-order chi connectivity index (χ0) is 29.0. The third kappa shape index (κ3) is 10.0. The second kappa shape index (κ2) is 15.5. The van der Waals surface area contributed by atoms with Gasteiger partial charge in [-0.1, -0.05) is 83.9 Å². The van der Waals surface area contributed by atoms with Gasteiger partial charge < -0.3 is 20.9 Å². The Hall–Kier alpha value is -3.28. The first-order chi connectivity index (χ1) is 19.2. The molecule has 0 bridgehead atoms. The molecule has 0 heterocycles. The van der Waals surface area contributed by atoms with Crippen molar-refractivity contribution < 1.29 is 19.1 Å². The highest BCUT2D eigenvalue weighted by molar-refractivity contribution is 5.87. The molecular weight excluding hydrogens is 500 g/mol. The zero-order valence-electron chi connectivity index (χ0n) is 24.6. The predicted octanol–water partition coefficient (Wildman–Crippen LogP) is 7.85. The van der Waals surface area contributed by atoms with Crippen LogP contribution in [0.3, 0.4) is 0 Å². The highest BCUT2D eigenvalue weighted by Gasteiger charge is 2.28. The molecule has 1 saturated carbocycles. The number of anilines is 2. The van der Waals surface area contributed by atoms with Crippen LogP contribution in [0.25, 0.3) is 6.08 Å². The van der Waals surface area contributed by atoms with Crippen molar-refractivity contribution in [1.29, 1.82) is 0 Å². The van der Waals surface area contributed by atoms with Crippen molar-refractivity contribution >= 4 is 29.4 Å². The molecule has 0 atom stereocenters. The number of unbranched alkanes of at least 4 members (excludes halogenated alkanes) is 5. The molecular formula is C34H48N2O4. The molecule has 6 heteroatoms. The first kappa shape index (κ1) is 31.3. The molecule has 2 aromatic rings. The van der Waals surface area contributed by atoms with Gasteiger partial charge in [0.25, 0.3) is 0 Å². The highest BCUT2D eigenvalue weighted by atomic mass is 16.5. The Balaban J connectivity index is 1.38. The number of carbonyl (C=O) groups excluding carboxylic acids is 2. The Bertz CT molecular complexity index is 1120. The number of nitrogens with two attached hydrogens (primary N) is 2. The summed E-state index contributed by atoms with van der Waals surface area (Å²) in [6.07, 6.45) is 16.5. The summed E-state index contributed by atoms with van der Waals surface area (Å²) in [7, 11) is 0. The molecule has 2 aromatic carbocycles. The van der Waals surface area contributed by atoms with Crippen LogP contribution in [0.1, 0.15) is 103 Å². The first-order valence-electron chi connectivity index (χ1n) is 15.0. The number of carbonyl (C=O) groups is 2. The van der Waals surface area contributed by atoms with Gasteiger partial charge in [0.15, 0.2) is 0 Å². The van der Waals surface area contributed by atoms with Crippen molar-refractivity contribution in [2.24, 2.45) is 11.8 Å². The lowest BCUT2D eigenvalue weighted by Crippen LogP contribution is -2.27. The van der Waals surface area contributed by atoms with Crippen molar-refractivity contribution in [1.82, 2.24) is 0 Å². The largest absolute Gasteiger partial charge is 0.462 e. The molecule has 0 unspecified atom stereocenters. The fraction of sp³-hybridized carbons (Fsp3) is 0.529. The van der Waals surface area contributed by atoms with Gasteiger partial charge in [0, 0.05) is 22.9 Å². The van der Waals surface area contributed by atoms with E-state index in [1.807, 2.05) is 32.0 Å². The second-order valence-corrected chi connectivity index (χ2v) is 11.9. The number of ether oxygens (including phenoxy) is 2. The van der Waals surface area contributed by atoms with Gasteiger partial charge in [-0.25, -0.2) is 4.79 Å². The maximum Gasteiger partial charge on any atom is 0.330 e. The number of esters is 2. The number of nitrogen functional groups attached to an aromatic ring is 2. The van der Waals surface area contributed by atoms with Crippen LogP contribution >= 0.6 is 0 Å². The Labute approximate surface area is 240 Å². The van der Waals surface area contributed by atoms with Gasteiger partial charge in [0.2, 0.25) is 0 Å². The number of hydrogen-bond donors (Lipinski definition) is 2. The smallest absolute Gasteiger partial charge is 0.330 e. The Morgan fingerprint density at radius 1 is 0.925 bits per heavy atom. The van der Waals surface area contributed by atoms with Crippen LogP contribution in [-0.2, 0) is 19.7 Å². The second-order valence-electron chi connectivity index (χ2n) is 11.9. The number of hydrogen-bond acceptors (Lipinski definition) is 6. The highest BCUT2D eigenvalue weighted by Crippen LogP contribution is 2.33. The van der Waals surface area contributed by atoms with E-state index in [1.165, 1.54) is 51.0 Å². The van der Waals surface area contributed by atoms with Gasteiger partial charge in [-0.05, 0) is 73.1 Å². The van der Waals surface area contributed by atoms with E-state index in [-0.39, 0.29) is 18.5 Å². The van der Waals surface area contributed by atoms with E-state index in [2.05, 4.69) is 6.92 Å². The third-order valence-corrected chi connectivity index (χ3v) is 8.04. The molecule has 1 aliphatic carbocycles. The predicted molar refractivity (Wildman–Crippen MR) is 164 cm³/mol. The molecule has 1 fully saturated rings. The summed E-state index contributed by atoms with van der Waals surface area (Å²) in [5, 5.41) is 0. The van der Waals surface area contributed by atoms with Gasteiger partial charge in [0.05, 0.1) is 5.92 Å². The maximum absolute atomic E-state index is 12.7. The molecule has 0 spiro atoms. The molecule has 1 aliphatic rings. The number of benzene rings is 2. The molecule has 218 valence electrons. The van der Waals surface area contributed by atoms with E-state index in [1.54, 1.807) is 30.3 Å². The minimum absolute atomic E-state index is 0.0111. The van der Waals surface area contributed by atoms with E-state index in [9.17, 15) is 9.59 Å². The molecule has 0 amide bonds. The van der Waals surface area contributed by atoms with E-state index in [4.69, 9.17) is 20.9 Å². The van der Waals surface area contributed by atoms with Gasteiger partial charge >= 0.3 is 11.9 Å². The molecule has 4 N–H and O–H groups in total. The van der Waals surface area contributed by atoms with Crippen LogP contribution < -0.4 is 16.2 Å². The number of rotatable bonds is 14. The van der Waals surface area contributed by atoms with Crippen LogP contribution in [-0.4, -0.2) is 18.5 Å². The quantitative estimate of drug-likeness (QED) is 0.0819. The minimum Gasteiger partial charge on any atom is -0.462 e. The molecule has 0 saturated heterocycles. The molecule has 3 rings (SSSR count). The Morgan fingerprint density at radius 2 is 1.60 bits per heavy atom. The van der Waals surface area contributed by atoms with Gasteiger partial charge in [-0.2, -0.15) is 0 Å². The fourth-order valence-corrected chi connectivity index (χ4v) is 5.49. The average Bonchev–Trinajstić information content (AvgIpc) is 2.93. The van der Waals surface area contributed by atoms with Gasteiger partial charge in [0.1, 0.15) is 12.4 Å². The van der Waals surface area contributed by atoms with E-state index in [0.717, 1.165) is 42.7 Å². The van der Waals surface area contributed by atoms with Crippen LogP contribution in [0.15, 0.2) is 48.5 Å². The lowest BCUT2D eigenvalue weighted by atomic mass is 9.80. The van der Waals surface area contributed by atoms with Gasteiger partial charge in [-0.15, -0.1) is 0 Å². The van der Waals surface area contributed by atoms with Crippen molar-refractivity contribution in [3.8, 4) is 5.75 Å². The maximum atomic E-state index is 12.7. The topological polar surface area (TPSA) is 105 Å². The summed E-state index contributed by atoms with van der Waals surface area (Å²) >= 11 is 0. The SMILES string of the molecule is CCCCCCCCC1CCC(C(=O)Oc2ccc(/C=C/C(=O)OCC(C)(C)c3ccc(N)cc3N)cc2)CC1. The van der Waals surface area contributed by atoms with E-state index < -0.39 is 11.4 Å². The minimum atomic E-state index is -0.458. The summed E-state index contributed by atoms with van der Waals surface area (Å²) < 4.78 is 11.1. The van der Waals surface area contributed by atoms with E-state index in [0.29, 0.717) is 17.1 Å². The van der Waals surface area contributed by atoms with Gasteiger partial charge in [-0.3, -0.25) is 4.79 Å². The van der Waals surface area contributed by atoms with Crippen molar-refractivity contribution in [2.45, 2.75) is 96.8 Å². The van der Waals surface area contributed by atoms with Crippen molar-refractivity contribution in [3.63, 3.8) is 0 Å². The summed E-state index contributed by atoms with van der Waals surface area (Å²) in [5.41, 5.74) is 14.3. The Kier molecular flexibility index (Phi) is 12.1. The average molecular weight is 549 g/mol. The lowest BCUT2D eigenvalue weighted by molar-refractivity contribution is -0.140. The van der Waals surface area contributed by atoms with E-state index >= 15 is 0 Å².